The number of carbonyl (C=O) groups is 2. The molecule has 1 aromatic carbocycles. The Morgan fingerprint density at radius 1 is 1.43 bits per heavy atom. The van der Waals surface area contributed by atoms with Crippen molar-refractivity contribution in [3.63, 3.8) is 0 Å². The normalized spacial score (nSPS) is 18.7. The average Bonchev–Trinajstić information content (AvgIpc) is 2.94. The van der Waals surface area contributed by atoms with E-state index in [0.29, 0.717) is 19.7 Å². The third-order valence-corrected chi connectivity index (χ3v) is 3.35. The third kappa shape index (κ3) is 4.75. The van der Waals surface area contributed by atoms with Gasteiger partial charge in [-0.2, -0.15) is 0 Å². The molecule has 1 heterocycles. The van der Waals surface area contributed by atoms with Gasteiger partial charge in [0.15, 0.2) is 0 Å². The Kier molecular flexibility index (Phi) is 5.57. The lowest BCUT2D eigenvalue weighted by atomic mass is 10.1. The summed E-state index contributed by atoms with van der Waals surface area (Å²) in [5.74, 6) is -0.163. The fraction of sp³-hybridized carbons (Fsp3) is 0.467. The molecule has 0 aliphatic carbocycles. The highest BCUT2D eigenvalue weighted by atomic mass is 16.5. The van der Waals surface area contributed by atoms with Crippen molar-refractivity contribution >= 4 is 11.9 Å². The molecule has 0 aromatic heterocycles. The first-order valence-electron chi connectivity index (χ1n) is 7.15. The monoisotopic (exact) mass is 291 g/mol. The number of hydrogen-bond donors (Lipinski definition) is 3. The van der Waals surface area contributed by atoms with Crippen molar-refractivity contribution < 1.29 is 14.3 Å². The summed E-state index contributed by atoms with van der Waals surface area (Å²) in [4.78, 5) is 22.6. The molecule has 0 unspecified atom stereocenters. The molecule has 1 aliphatic heterocycles. The molecule has 0 saturated carbocycles. The third-order valence-electron chi connectivity index (χ3n) is 3.35. The lowest BCUT2D eigenvalue weighted by Crippen LogP contribution is -2.43. The average molecular weight is 291 g/mol. The van der Waals surface area contributed by atoms with Crippen LogP contribution in [0.3, 0.4) is 0 Å². The molecule has 3 amide bonds. The minimum absolute atomic E-state index is 0.0419. The molecule has 0 radical (unpaired) electrons. The molecule has 2 atom stereocenters. The molecule has 1 aliphatic rings. The minimum atomic E-state index is -0.471. The molecule has 1 aromatic rings. The Morgan fingerprint density at radius 3 is 2.86 bits per heavy atom. The zero-order valence-electron chi connectivity index (χ0n) is 12.1. The Labute approximate surface area is 124 Å². The minimum Gasteiger partial charge on any atom is -0.374 e. The largest absolute Gasteiger partial charge is 0.374 e. The fourth-order valence-corrected chi connectivity index (χ4v) is 2.10. The van der Waals surface area contributed by atoms with Gasteiger partial charge in [0.05, 0.1) is 6.10 Å². The molecule has 1 saturated heterocycles. The molecule has 3 N–H and O–H groups in total. The summed E-state index contributed by atoms with van der Waals surface area (Å²) in [6.07, 6.45) is 0.775. The lowest BCUT2D eigenvalue weighted by Gasteiger charge is -2.14. The highest BCUT2D eigenvalue weighted by molar-refractivity contribution is 5.90. The molecule has 0 bridgehead atoms. The molecule has 0 spiro atoms. The van der Waals surface area contributed by atoms with Crippen LogP contribution in [-0.4, -0.2) is 37.7 Å². The summed E-state index contributed by atoms with van der Waals surface area (Å²) in [5, 5.41) is 7.88. The van der Waals surface area contributed by atoms with Gasteiger partial charge in [-0.3, -0.25) is 4.79 Å². The first kappa shape index (κ1) is 15.3. The number of hydrogen-bond acceptors (Lipinski definition) is 3. The lowest BCUT2D eigenvalue weighted by molar-refractivity contribution is -0.122. The van der Waals surface area contributed by atoms with E-state index < -0.39 is 6.04 Å². The van der Waals surface area contributed by atoms with Crippen LogP contribution in [-0.2, 0) is 9.53 Å². The summed E-state index contributed by atoms with van der Waals surface area (Å²) in [6, 6.07) is 9.24. The summed E-state index contributed by atoms with van der Waals surface area (Å²) in [6.45, 7) is 3.46. The van der Waals surface area contributed by atoms with Crippen LogP contribution in [0.2, 0.25) is 0 Å². The van der Waals surface area contributed by atoms with E-state index in [1.807, 2.05) is 37.3 Å². The van der Waals surface area contributed by atoms with Crippen LogP contribution in [0.4, 0.5) is 4.79 Å². The van der Waals surface area contributed by atoms with Crippen LogP contribution < -0.4 is 16.0 Å². The van der Waals surface area contributed by atoms with Crippen molar-refractivity contribution in [2.75, 3.05) is 19.7 Å². The first-order valence-corrected chi connectivity index (χ1v) is 7.15. The van der Waals surface area contributed by atoms with E-state index in [4.69, 9.17) is 4.74 Å². The van der Waals surface area contributed by atoms with Crippen molar-refractivity contribution in [2.45, 2.75) is 25.5 Å². The van der Waals surface area contributed by atoms with Crippen LogP contribution >= 0.6 is 0 Å². The molecule has 21 heavy (non-hydrogen) atoms. The number of amides is 3. The van der Waals surface area contributed by atoms with E-state index in [1.165, 1.54) is 0 Å². The molecule has 114 valence electrons. The van der Waals surface area contributed by atoms with Gasteiger partial charge < -0.3 is 20.7 Å². The summed E-state index contributed by atoms with van der Waals surface area (Å²) < 4.78 is 5.72. The van der Waals surface area contributed by atoms with Gasteiger partial charge in [-0.1, -0.05) is 30.3 Å². The summed E-state index contributed by atoms with van der Waals surface area (Å²) >= 11 is 0. The van der Waals surface area contributed by atoms with Crippen molar-refractivity contribution in [1.29, 1.82) is 0 Å². The highest BCUT2D eigenvalue weighted by Gasteiger charge is 2.26. The number of nitrogens with one attached hydrogen (secondary N) is 3. The van der Waals surface area contributed by atoms with Crippen LogP contribution in [0.5, 0.6) is 0 Å². The quantitative estimate of drug-likeness (QED) is 0.654. The Bertz CT molecular complexity index is 478. The number of urea groups is 1. The Balaban J connectivity index is 1.58. The van der Waals surface area contributed by atoms with Crippen LogP contribution in [0, 0.1) is 0 Å². The van der Waals surface area contributed by atoms with E-state index in [0.717, 1.165) is 12.0 Å². The maximum absolute atomic E-state index is 11.7. The maximum atomic E-state index is 11.7. The molecule has 1 fully saturated rings. The van der Waals surface area contributed by atoms with Crippen molar-refractivity contribution in [3.05, 3.63) is 35.9 Å². The van der Waals surface area contributed by atoms with Gasteiger partial charge in [0.25, 0.3) is 0 Å². The molecule has 2 rings (SSSR count). The second-order valence-electron chi connectivity index (χ2n) is 4.98. The van der Waals surface area contributed by atoms with E-state index >= 15 is 0 Å². The molecular formula is C15H21N3O3. The predicted octanol–water partition coefficient (Wildman–Crippen LogP) is 0.952. The van der Waals surface area contributed by atoms with Gasteiger partial charge in [0.2, 0.25) is 5.91 Å². The summed E-state index contributed by atoms with van der Waals surface area (Å²) in [5.41, 5.74) is 1.14. The van der Waals surface area contributed by atoms with E-state index in [2.05, 4.69) is 16.0 Å². The van der Waals surface area contributed by atoms with E-state index in [-0.39, 0.29) is 18.0 Å². The van der Waals surface area contributed by atoms with Gasteiger partial charge >= 0.3 is 6.03 Å². The fourth-order valence-electron chi connectivity index (χ4n) is 2.10. The van der Waals surface area contributed by atoms with Crippen LogP contribution in [0.15, 0.2) is 30.3 Å². The van der Waals surface area contributed by atoms with E-state index in [1.54, 1.807) is 0 Å². The summed E-state index contributed by atoms with van der Waals surface area (Å²) in [7, 11) is 0. The number of benzene rings is 1. The zero-order valence-corrected chi connectivity index (χ0v) is 12.1. The number of carbonyl (C=O) groups excluding carboxylic acids is 2. The van der Waals surface area contributed by atoms with Gasteiger partial charge in [0, 0.05) is 19.7 Å². The second-order valence-corrected chi connectivity index (χ2v) is 4.98. The predicted molar refractivity (Wildman–Crippen MR) is 78.8 cm³/mol. The van der Waals surface area contributed by atoms with Crippen LogP contribution in [0.25, 0.3) is 0 Å². The van der Waals surface area contributed by atoms with Gasteiger partial charge in [-0.15, -0.1) is 0 Å². The SMILES string of the molecule is C[C@@H](OCCCNC(=O)[C@@H]1CNC(=O)N1)c1ccccc1. The smallest absolute Gasteiger partial charge is 0.315 e. The molecule has 6 nitrogen and oxygen atoms in total. The van der Waals surface area contributed by atoms with Crippen LogP contribution in [0.1, 0.15) is 25.0 Å². The van der Waals surface area contributed by atoms with Gasteiger partial charge in [-0.25, -0.2) is 4.79 Å². The highest BCUT2D eigenvalue weighted by Crippen LogP contribution is 2.15. The second kappa shape index (κ2) is 7.64. The number of rotatable bonds is 7. The zero-order chi connectivity index (χ0) is 15.1. The van der Waals surface area contributed by atoms with Gasteiger partial charge in [-0.05, 0) is 18.9 Å². The maximum Gasteiger partial charge on any atom is 0.315 e. The molecule has 6 heteroatoms. The topological polar surface area (TPSA) is 79.5 Å². The van der Waals surface area contributed by atoms with Crippen molar-refractivity contribution in [1.82, 2.24) is 16.0 Å². The van der Waals surface area contributed by atoms with Crippen molar-refractivity contribution in [2.24, 2.45) is 0 Å². The van der Waals surface area contributed by atoms with E-state index in [9.17, 15) is 9.59 Å². The molecular weight excluding hydrogens is 270 g/mol. The first-order chi connectivity index (χ1) is 10.2. The number of ether oxygens (including phenoxy) is 1. The Morgan fingerprint density at radius 2 is 2.19 bits per heavy atom. The standard InChI is InChI=1S/C15H21N3O3/c1-11(12-6-3-2-4-7-12)21-9-5-8-16-14(19)13-10-17-15(20)18-13/h2-4,6-7,11,13H,5,8-10H2,1H3,(H,16,19)(H2,17,18,20)/t11-,13+/m1/s1. The Hall–Kier alpha value is -2.08. The van der Waals surface area contributed by atoms with Gasteiger partial charge in [0.1, 0.15) is 6.04 Å². The van der Waals surface area contributed by atoms with Crippen molar-refractivity contribution in [3.8, 4) is 0 Å².